The van der Waals surface area contributed by atoms with E-state index in [1.54, 1.807) is 35.0 Å². The van der Waals surface area contributed by atoms with Crippen LogP contribution in [0.2, 0.25) is 0 Å². The van der Waals surface area contributed by atoms with Gasteiger partial charge in [0.25, 0.3) is 0 Å². The molecule has 2 aromatic carbocycles. The van der Waals surface area contributed by atoms with Crippen LogP contribution in [0.15, 0.2) is 57.4 Å². The van der Waals surface area contributed by atoms with Crippen LogP contribution in [0, 0.1) is 13.8 Å². The zero-order chi connectivity index (χ0) is 26.8. The maximum Gasteiger partial charge on any atom is 0.360 e. The van der Waals surface area contributed by atoms with Crippen LogP contribution in [0.3, 0.4) is 0 Å². The number of benzene rings is 2. The van der Waals surface area contributed by atoms with Crippen molar-refractivity contribution in [3.63, 3.8) is 0 Å². The van der Waals surface area contributed by atoms with E-state index in [-0.39, 0.29) is 12.3 Å². The minimum atomic E-state index is -0.462. The molecule has 196 valence electrons. The average molecular weight is 509 g/mol. The second-order valence-corrected chi connectivity index (χ2v) is 8.08. The molecular weight excluding hydrogens is 476 g/mol. The Morgan fingerprint density at radius 2 is 1.30 bits per heavy atom. The van der Waals surface area contributed by atoms with Crippen LogP contribution in [0.25, 0.3) is 22.9 Å². The maximum absolute atomic E-state index is 11.7. The summed E-state index contributed by atoms with van der Waals surface area (Å²) in [5, 5.41) is 9.05. The van der Waals surface area contributed by atoms with Gasteiger partial charge in [0.15, 0.2) is 5.69 Å². The standard InChI is InChI=1S/C15H17NO4.C13H15NO3/c1-4-19-15(17)13-10(2)20-14(16-13)12-7-5-11(6-8-12)9-18-3;1-9-12(7-15)14-13(17-9)11-5-3-10(4-6-11)8-16-2/h5-8H,4,9H2,1-3H3;3-6,15H,7-8H2,1-2H3. The number of methoxy groups -OCH3 is 2. The average Bonchev–Trinajstić information content (AvgIpc) is 3.48. The topological polar surface area (TPSA) is 117 Å². The highest BCUT2D eigenvalue weighted by Gasteiger charge is 2.19. The molecule has 0 unspecified atom stereocenters. The molecule has 1 N–H and O–H groups in total. The van der Waals surface area contributed by atoms with E-state index in [0.29, 0.717) is 48.8 Å². The van der Waals surface area contributed by atoms with Gasteiger partial charge in [0, 0.05) is 25.3 Å². The van der Waals surface area contributed by atoms with Crippen LogP contribution in [0.4, 0.5) is 0 Å². The molecule has 2 heterocycles. The van der Waals surface area contributed by atoms with E-state index in [9.17, 15) is 4.79 Å². The molecule has 0 aliphatic rings. The van der Waals surface area contributed by atoms with Gasteiger partial charge in [-0.05, 0) is 56.2 Å². The Morgan fingerprint density at radius 1 is 0.811 bits per heavy atom. The quantitative estimate of drug-likeness (QED) is 0.302. The fourth-order valence-electron chi connectivity index (χ4n) is 3.43. The number of carbonyl (C=O) groups excluding carboxylic acids is 1. The first kappa shape index (κ1) is 27.8. The largest absolute Gasteiger partial charge is 0.461 e. The molecule has 0 spiro atoms. The zero-order valence-corrected chi connectivity index (χ0v) is 21.7. The number of aromatic nitrogens is 2. The molecule has 0 amide bonds. The number of aliphatic hydroxyl groups is 1. The van der Waals surface area contributed by atoms with E-state index in [1.807, 2.05) is 48.5 Å². The van der Waals surface area contributed by atoms with Crippen molar-refractivity contribution < 1.29 is 32.9 Å². The van der Waals surface area contributed by atoms with Gasteiger partial charge in [0.1, 0.15) is 17.2 Å². The van der Waals surface area contributed by atoms with Crippen LogP contribution >= 0.6 is 0 Å². The van der Waals surface area contributed by atoms with E-state index >= 15 is 0 Å². The van der Waals surface area contributed by atoms with Crippen molar-refractivity contribution in [2.75, 3.05) is 20.8 Å². The van der Waals surface area contributed by atoms with Crippen molar-refractivity contribution in [3.05, 3.63) is 82.6 Å². The summed E-state index contributed by atoms with van der Waals surface area (Å²) in [4.78, 5) is 20.1. The monoisotopic (exact) mass is 508 g/mol. The number of hydrogen-bond donors (Lipinski definition) is 1. The first-order valence-corrected chi connectivity index (χ1v) is 11.8. The predicted octanol–water partition coefficient (Wildman–Crippen LogP) is 5.26. The number of rotatable bonds is 9. The molecule has 4 aromatic rings. The molecule has 37 heavy (non-hydrogen) atoms. The molecule has 9 heteroatoms. The second kappa shape index (κ2) is 13.5. The van der Waals surface area contributed by atoms with Gasteiger partial charge in [-0.1, -0.05) is 24.3 Å². The third kappa shape index (κ3) is 7.36. The van der Waals surface area contributed by atoms with Gasteiger partial charge >= 0.3 is 5.97 Å². The van der Waals surface area contributed by atoms with Gasteiger partial charge in [0.2, 0.25) is 11.8 Å². The number of hydrogen-bond acceptors (Lipinski definition) is 9. The first-order valence-electron chi connectivity index (χ1n) is 11.8. The number of carbonyl (C=O) groups is 1. The summed E-state index contributed by atoms with van der Waals surface area (Å²) < 4.78 is 26.0. The van der Waals surface area contributed by atoms with Crippen molar-refractivity contribution in [1.29, 1.82) is 0 Å². The number of aliphatic hydroxyl groups excluding tert-OH is 1. The van der Waals surface area contributed by atoms with Gasteiger partial charge in [-0.15, -0.1) is 0 Å². The molecule has 0 aliphatic heterocycles. The normalized spacial score (nSPS) is 10.6. The Kier molecular flexibility index (Phi) is 10.1. The summed E-state index contributed by atoms with van der Waals surface area (Å²) in [5.41, 5.74) is 4.67. The Labute approximate surface area is 216 Å². The molecule has 0 radical (unpaired) electrons. The number of ether oxygens (including phenoxy) is 3. The lowest BCUT2D eigenvalue weighted by atomic mass is 10.1. The van der Waals surface area contributed by atoms with Crippen molar-refractivity contribution >= 4 is 5.97 Å². The molecule has 2 aromatic heterocycles. The van der Waals surface area contributed by atoms with E-state index in [4.69, 9.17) is 28.2 Å². The molecule has 0 aliphatic carbocycles. The summed E-state index contributed by atoms with van der Waals surface area (Å²) >= 11 is 0. The van der Waals surface area contributed by atoms with Gasteiger partial charge in [-0.25, -0.2) is 14.8 Å². The van der Waals surface area contributed by atoms with Crippen LogP contribution in [-0.2, 0) is 34.0 Å². The van der Waals surface area contributed by atoms with Crippen molar-refractivity contribution in [2.24, 2.45) is 0 Å². The lowest BCUT2D eigenvalue weighted by Crippen LogP contribution is -2.06. The Bertz CT molecular complexity index is 1280. The Morgan fingerprint density at radius 3 is 1.73 bits per heavy atom. The van der Waals surface area contributed by atoms with E-state index in [2.05, 4.69) is 9.97 Å². The Balaban J connectivity index is 0.000000208. The molecule has 0 saturated heterocycles. The summed E-state index contributed by atoms with van der Waals surface area (Å²) in [6, 6.07) is 15.4. The van der Waals surface area contributed by atoms with Crippen LogP contribution in [-0.4, -0.2) is 41.9 Å². The summed E-state index contributed by atoms with van der Waals surface area (Å²) in [5.74, 6) is 1.60. The van der Waals surface area contributed by atoms with Gasteiger partial charge in [-0.2, -0.15) is 0 Å². The third-order valence-electron chi connectivity index (χ3n) is 5.33. The number of esters is 1. The summed E-state index contributed by atoms with van der Waals surface area (Å²) in [6.45, 7) is 6.60. The van der Waals surface area contributed by atoms with E-state index in [0.717, 1.165) is 22.3 Å². The molecule has 0 atom stereocenters. The lowest BCUT2D eigenvalue weighted by molar-refractivity contribution is 0.0518. The molecule has 0 saturated carbocycles. The van der Waals surface area contributed by atoms with Crippen molar-refractivity contribution in [2.45, 2.75) is 40.6 Å². The smallest absolute Gasteiger partial charge is 0.360 e. The van der Waals surface area contributed by atoms with E-state index < -0.39 is 5.97 Å². The fourth-order valence-corrected chi connectivity index (χ4v) is 3.43. The fraction of sp³-hybridized carbons (Fsp3) is 0.321. The van der Waals surface area contributed by atoms with Crippen molar-refractivity contribution in [1.82, 2.24) is 9.97 Å². The minimum absolute atomic E-state index is 0.100. The summed E-state index contributed by atoms with van der Waals surface area (Å²) in [6.07, 6.45) is 0. The molecule has 0 fully saturated rings. The number of nitrogens with zero attached hydrogens (tertiary/aromatic N) is 2. The highest BCUT2D eigenvalue weighted by molar-refractivity contribution is 5.88. The van der Waals surface area contributed by atoms with Crippen LogP contribution in [0.5, 0.6) is 0 Å². The van der Waals surface area contributed by atoms with Crippen molar-refractivity contribution in [3.8, 4) is 22.9 Å². The third-order valence-corrected chi connectivity index (χ3v) is 5.33. The zero-order valence-electron chi connectivity index (χ0n) is 21.7. The second-order valence-electron chi connectivity index (χ2n) is 8.08. The SMILES string of the molecule is CCOC(=O)c1nc(-c2ccc(COC)cc2)oc1C.COCc1ccc(-c2nc(CO)c(C)o2)cc1. The minimum Gasteiger partial charge on any atom is -0.461 e. The Hall–Kier alpha value is -3.79. The maximum atomic E-state index is 11.7. The van der Waals surface area contributed by atoms with Gasteiger partial charge in [-0.3, -0.25) is 0 Å². The lowest BCUT2D eigenvalue weighted by Gasteiger charge is -2.00. The molecular formula is C28H32N2O7. The van der Waals surface area contributed by atoms with Gasteiger partial charge in [0.05, 0.1) is 26.4 Å². The predicted molar refractivity (Wildman–Crippen MR) is 137 cm³/mol. The molecule has 9 nitrogen and oxygen atoms in total. The van der Waals surface area contributed by atoms with Gasteiger partial charge < -0.3 is 28.2 Å². The molecule has 4 rings (SSSR count). The highest BCUT2D eigenvalue weighted by Crippen LogP contribution is 2.23. The van der Waals surface area contributed by atoms with Crippen LogP contribution < -0.4 is 0 Å². The summed E-state index contributed by atoms with van der Waals surface area (Å²) in [7, 11) is 3.32. The van der Waals surface area contributed by atoms with E-state index in [1.165, 1.54) is 0 Å². The first-order chi connectivity index (χ1) is 17.9. The molecule has 0 bridgehead atoms. The number of aryl methyl sites for hydroxylation is 2. The van der Waals surface area contributed by atoms with Crippen LogP contribution in [0.1, 0.15) is 45.8 Å². The number of oxazole rings is 2. The highest BCUT2D eigenvalue weighted by atomic mass is 16.5.